The van der Waals surface area contributed by atoms with Gasteiger partial charge in [-0.05, 0) is 12.0 Å². The van der Waals surface area contributed by atoms with E-state index in [1.54, 1.807) is 0 Å². The molecule has 0 bridgehead atoms. The van der Waals surface area contributed by atoms with Gasteiger partial charge in [0, 0.05) is 13.1 Å². The largest absolute Gasteiger partial charge is 0.409 e. The Morgan fingerprint density at radius 1 is 1.40 bits per heavy atom. The third-order valence-corrected chi connectivity index (χ3v) is 2.91. The molecule has 1 atom stereocenters. The standard InChI is InChI=1S/C15H23N3O2/c1-2-3-10-20-11-9-17-12-14(15(16)18-19)13-7-5-4-6-8-13/h2,4-8,14,17,19H,1,3,9-12H2,(H2,16,18). The monoisotopic (exact) mass is 277 g/mol. The molecule has 0 heterocycles. The molecule has 0 saturated heterocycles. The molecule has 5 nitrogen and oxygen atoms in total. The molecule has 0 amide bonds. The summed E-state index contributed by atoms with van der Waals surface area (Å²) in [4.78, 5) is 0. The SMILES string of the molecule is C=CCCOCCNCC(/C(N)=N\O)c1ccccc1. The lowest BCUT2D eigenvalue weighted by atomic mass is 9.98. The smallest absolute Gasteiger partial charge is 0.147 e. The van der Waals surface area contributed by atoms with Crippen molar-refractivity contribution in [2.75, 3.05) is 26.3 Å². The van der Waals surface area contributed by atoms with Gasteiger partial charge in [0.15, 0.2) is 0 Å². The summed E-state index contributed by atoms with van der Waals surface area (Å²) in [5.41, 5.74) is 6.76. The van der Waals surface area contributed by atoms with Crippen LogP contribution in [-0.2, 0) is 4.74 Å². The highest BCUT2D eigenvalue weighted by atomic mass is 16.5. The van der Waals surface area contributed by atoms with Gasteiger partial charge in [-0.25, -0.2) is 0 Å². The Hall–Kier alpha value is -1.85. The second-order valence-corrected chi connectivity index (χ2v) is 4.38. The topological polar surface area (TPSA) is 79.9 Å². The molecule has 0 aliphatic carbocycles. The van der Waals surface area contributed by atoms with E-state index in [9.17, 15) is 0 Å². The minimum Gasteiger partial charge on any atom is -0.409 e. The second-order valence-electron chi connectivity index (χ2n) is 4.38. The summed E-state index contributed by atoms with van der Waals surface area (Å²) in [5.74, 6) is 0.0608. The zero-order valence-corrected chi connectivity index (χ0v) is 11.7. The van der Waals surface area contributed by atoms with E-state index in [1.165, 1.54) is 0 Å². The number of rotatable bonds is 10. The molecule has 0 fully saturated rings. The van der Waals surface area contributed by atoms with E-state index in [0.717, 1.165) is 18.5 Å². The first-order chi connectivity index (χ1) is 9.79. The molecular formula is C15H23N3O2. The minimum absolute atomic E-state index is 0.144. The molecule has 1 aromatic rings. The van der Waals surface area contributed by atoms with Crippen molar-refractivity contribution < 1.29 is 9.94 Å². The highest BCUT2D eigenvalue weighted by Gasteiger charge is 2.15. The van der Waals surface area contributed by atoms with Crippen molar-refractivity contribution in [2.24, 2.45) is 10.9 Å². The summed E-state index contributed by atoms with van der Waals surface area (Å²) in [6.07, 6.45) is 2.69. The Bertz CT molecular complexity index is 407. The van der Waals surface area contributed by atoms with E-state index < -0.39 is 0 Å². The maximum atomic E-state index is 8.87. The first-order valence-corrected chi connectivity index (χ1v) is 6.71. The maximum Gasteiger partial charge on any atom is 0.147 e. The van der Waals surface area contributed by atoms with Crippen molar-refractivity contribution >= 4 is 5.84 Å². The minimum atomic E-state index is -0.144. The van der Waals surface area contributed by atoms with Gasteiger partial charge in [0.2, 0.25) is 0 Å². The maximum absolute atomic E-state index is 8.87. The average Bonchev–Trinajstić information content (AvgIpc) is 2.50. The second kappa shape index (κ2) is 10.00. The summed E-state index contributed by atoms with van der Waals surface area (Å²) < 4.78 is 5.40. The van der Waals surface area contributed by atoms with Crippen LogP contribution in [0.1, 0.15) is 17.9 Å². The molecule has 0 aromatic heterocycles. The van der Waals surface area contributed by atoms with Gasteiger partial charge in [-0.2, -0.15) is 0 Å². The number of amidine groups is 1. The lowest BCUT2D eigenvalue weighted by molar-refractivity contribution is 0.140. The van der Waals surface area contributed by atoms with Crippen LogP contribution >= 0.6 is 0 Å². The molecule has 0 spiro atoms. The third kappa shape index (κ3) is 5.86. The molecule has 0 aliphatic rings. The molecule has 1 aromatic carbocycles. The normalized spacial score (nSPS) is 13.1. The number of hydrogen-bond acceptors (Lipinski definition) is 4. The van der Waals surface area contributed by atoms with Crippen LogP contribution in [-0.4, -0.2) is 37.3 Å². The Morgan fingerprint density at radius 3 is 2.80 bits per heavy atom. The summed E-state index contributed by atoms with van der Waals surface area (Å²) in [7, 11) is 0. The van der Waals surface area contributed by atoms with E-state index in [4.69, 9.17) is 15.7 Å². The quantitative estimate of drug-likeness (QED) is 0.152. The lowest BCUT2D eigenvalue weighted by Crippen LogP contribution is -2.33. The molecule has 0 aliphatic heterocycles. The number of oxime groups is 1. The number of nitrogens with two attached hydrogens (primary N) is 1. The molecule has 0 saturated carbocycles. The van der Waals surface area contributed by atoms with E-state index >= 15 is 0 Å². The van der Waals surface area contributed by atoms with Crippen molar-refractivity contribution in [3.05, 3.63) is 48.6 Å². The predicted molar refractivity (Wildman–Crippen MR) is 81.1 cm³/mol. The number of nitrogens with one attached hydrogen (secondary N) is 1. The fourth-order valence-corrected chi connectivity index (χ4v) is 1.81. The van der Waals surface area contributed by atoms with Crippen molar-refractivity contribution in [3.63, 3.8) is 0 Å². The lowest BCUT2D eigenvalue weighted by Gasteiger charge is -2.16. The van der Waals surface area contributed by atoms with Gasteiger partial charge in [0.25, 0.3) is 0 Å². The van der Waals surface area contributed by atoms with E-state index in [-0.39, 0.29) is 11.8 Å². The number of ether oxygens (including phenoxy) is 1. The van der Waals surface area contributed by atoms with Gasteiger partial charge in [-0.1, -0.05) is 41.6 Å². The van der Waals surface area contributed by atoms with Crippen LogP contribution in [0.3, 0.4) is 0 Å². The first kappa shape index (κ1) is 16.2. The Balaban J connectivity index is 2.38. The molecule has 1 rings (SSSR count). The summed E-state index contributed by atoms with van der Waals surface area (Å²) >= 11 is 0. The number of nitrogens with zero attached hydrogens (tertiary/aromatic N) is 1. The van der Waals surface area contributed by atoms with Gasteiger partial charge in [0.05, 0.1) is 19.1 Å². The fraction of sp³-hybridized carbons (Fsp3) is 0.400. The summed E-state index contributed by atoms with van der Waals surface area (Å²) in [5, 5.41) is 15.2. The highest BCUT2D eigenvalue weighted by Crippen LogP contribution is 2.14. The van der Waals surface area contributed by atoms with E-state index in [0.29, 0.717) is 19.8 Å². The number of benzene rings is 1. The van der Waals surface area contributed by atoms with Crippen molar-refractivity contribution in [3.8, 4) is 0 Å². The van der Waals surface area contributed by atoms with Crippen LogP contribution in [0.5, 0.6) is 0 Å². The van der Waals surface area contributed by atoms with Crippen LogP contribution in [0.2, 0.25) is 0 Å². The van der Waals surface area contributed by atoms with E-state index in [1.807, 2.05) is 36.4 Å². The first-order valence-electron chi connectivity index (χ1n) is 6.71. The van der Waals surface area contributed by atoms with Crippen LogP contribution < -0.4 is 11.1 Å². The van der Waals surface area contributed by atoms with Gasteiger partial charge < -0.3 is 21.0 Å². The number of hydrogen-bond donors (Lipinski definition) is 3. The molecule has 5 heteroatoms. The molecule has 1 unspecified atom stereocenters. The zero-order chi connectivity index (χ0) is 14.6. The molecular weight excluding hydrogens is 254 g/mol. The Morgan fingerprint density at radius 2 is 2.15 bits per heavy atom. The Kier molecular flexibility index (Phi) is 8.10. The van der Waals surface area contributed by atoms with Crippen LogP contribution in [0, 0.1) is 0 Å². The molecule has 4 N–H and O–H groups in total. The van der Waals surface area contributed by atoms with Gasteiger partial charge in [-0.15, -0.1) is 6.58 Å². The molecule has 110 valence electrons. The fourth-order valence-electron chi connectivity index (χ4n) is 1.81. The molecule has 20 heavy (non-hydrogen) atoms. The van der Waals surface area contributed by atoms with Crippen LogP contribution in [0.4, 0.5) is 0 Å². The van der Waals surface area contributed by atoms with Gasteiger partial charge in [-0.3, -0.25) is 0 Å². The van der Waals surface area contributed by atoms with Gasteiger partial charge >= 0.3 is 0 Å². The Labute approximate surface area is 120 Å². The zero-order valence-electron chi connectivity index (χ0n) is 11.7. The summed E-state index contributed by atoms with van der Waals surface area (Å²) in [6.45, 7) is 6.28. The summed E-state index contributed by atoms with van der Waals surface area (Å²) in [6, 6.07) is 9.74. The highest BCUT2D eigenvalue weighted by molar-refractivity contribution is 5.87. The van der Waals surface area contributed by atoms with E-state index in [2.05, 4.69) is 17.1 Å². The third-order valence-electron chi connectivity index (χ3n) is 2.91. The van der Waals surface area contributed by atoms with Crippen molar-refractivity contribution in [1.29, 1.82) is 0 Å². The van der Waals surface area contributed by atoms with Crippen LogP contribution in [0.15, 0.2) is 48.1 Å². The average molecular weight is 277 g/mol. The van der Waals surface area contributed by atoms with Gasteiger partial charge in [0.1, 0.15) is 5.84 Å². The van der Waals surface area contributed by atoms with Crippen LogP contribution in [0.25, 0.3) is 0 Å². The molecule has 0 radical (unpaired) electrons. The predicted octanol–water partition coefficient (Wildman–Crippen LogP) is 1.70. The van der Waals surface area contributed by atoms with Crippen molar-refractivity contribution in [2.45, 2.75) is 12.3 Å². The van der Waals surface area contributed by atoms with Crippen molar-refractivity contribution in [1.82, 2.24) is 5.32 Å².